The highest BCUT2D eigenvalue weighted by Gasteiger charge is 2.16. The van der Waals surface area contributed by atoms with Gasteiger partial charge in [-0.05, 0) is 48.5 Å². The van der Waals surface area contributed by atoms with E-state index in [0.29, 0.717) is 22.5 Å². The Kier molecular flexibility index (Phi) is 4.68. The van der Waals surface area contributed by atoms with Crippen LogP contribution >= 0.6 is 0 Å². The van der Waals surface area contributed by atoms with Crippen LogP contribution in [0.5, 0.6) is 0 Å². The summed E-state index contributed by atoms with van der Waals surface area (Å²) in [7, 11) is -1.44. The van der Waals surface area contributed by atoms with E-state index < -0.39 is 9.84 Å². The van der Waals surface area contributed by atoms with Crippen molar-refractivity contribution in [2.24, 2.45) is 7.05 Å². The molecular formula is C22H19N3O3S. The quantitative estimate of drug-likeness (QED) is 0.558. The van der Waals surface area contributed by atoms with Crippen molar-refractivity contribution in [1.29, 1.82) is 0 Å². The van der Waals surface area contributed by atoms with Crippen LogP contribution in [-0.4, -0.2) is 30.1 Å². The molecule has 0 aliphatic heterocycles. The van der Waals surface area contributed by atoms with Gasteiger partial charge in [-0.2, -0.15) is 0 Å². The molecule has 0 unspecified atom stereocenters. The maximum Gasteiger partial charge on any atom is 0.255 e. The van der Waals surface area contributed by atoms with Crippen molar-refractivity contribution in [1.82, 2.24) is 9.55 Å². The number of carbonyl (C=O) groups excluding carboxylic acids is 1. The van der Waals surface area contributed by atoms with Crippen LogP contribution in [0.3, 0.4) is 0 Å². The second-order valence-electron chi connectivity index (χ2n) is 6.85. The first-order valence-electron chi connectivity index (χ1n) is 8.95. The largest absolute Gasteiger partial charge is 0.351 e. The normalized spacial score (nSPS) is 11.5. The van der Waals surface area contributed by atoms with E-state index in [4.69, 9.17) is 0 Å². The molecule has 0 saturated heterocycles. The first-order chi connectivity index (χ1) is 13.8. The molecule has 2 aromatic heterocycles. The first-order valence-corrected chi connectivity index (χ1v) is 10.8. The average molecular weight is 405 g/mol. The van der Waals surface area contributed by atoms with Crippen molar-refractivity contribution in [3.05, 3.63) is 78.6 Å². The summed E-state index contributed by atoms with van der Waals surface area (Å²) in [6, 6.07) is 17.6. The minimum Gasteiger partial charge on any atom is -0.351 e. The number of hydrogen-bond donors (Lipinski definition) is 1. The number of rotatable bonds is 4. The van der Waals surface area contributed by atoms with E-state index in [-0.39, 0.29) is 10.8 Å². The third kappa shape index (κ3) is 3.77. The number of hydrogen-bond acceptors (Lipinski definition) is 4. The monoisotopic (exact) mass is 405 g/mol. The summed E-state index contributed by atoms with van der Waals surface area (Å²) in [5, 5.41) is 3.94. The second-order valence-corrected chi connectivity index (χ2v) is 8.84. The van der Waals surface area contributed by atoms with Crippen LogP contribution in [0.4, 0.5) is 5.69 Å². The van der Waals surface area contributed by atoms with Gasteiger partial charge in [0.1, 0.15) is 0 Å². The molecule has 1 amide bonds. The molecule has 4 aromatic rings. The lowest BCUT2D eigenvalue weighted by atomic mass is 10.1. The fraction of sp³-hybridized carbons (Fsp3) is 0.0909. The lowest BCUT2D eigenvalue weighted by molar-refractivity contribution is 0.102. The molecule has 0 aliphatic carbocycles. The van der Waals surface area contributed by atoms with Gasteiger partial charge in [0, 0.05) is 53.4 Å². The van der Waals surface area contributed by atoms with Crippen LogP contribution in [-0.2, 0) is 16.9 Å². The van der Waals surface area contributed by atoms with Gasteiger partial charge in [0.25, 0.3) is 5.91 Å². The molecule has 0 spiro atoms. The van der Waals surface area contributed by atoms with Crippen LogP contribution in [0.25, 0.3) is 22.2 Å². The third-order valence-corrected chi connectivity index (χ3v) is 5.86. The summed E-state index contributed by atoms with van der Waals surface area (Å²) in [6.45, 7) is 0. The molecule has 146 valence electrons. The first kappa shape index (κ1) is 18.9. The van der Waals surface area contributed by atoms with Gasteiger partial charge >= 0.3 is 0 Å². The number of carbonyl (C=O) groups is 1. The predicted octanol–water partition coefficient (Wildman–Crippen LogP) is 3.90. The molecule has 0 fully saturated rings. The molecule has 0 aliphatic rings. The molecule has 0 saturated carbocycles. The number of aryl methyl sites for hydroxylation is 1. The van der Waals surface area contributed by atoms with Gasteiger partial charge in [0.05, 0.1) is 10.6 Å². The summed E-state index contributed by atoms with van der Waals surface area (Å²) < 4.78 is 26.0. The van der Waals surface area contributed by atoms with E-state index in [0.717, 1.165) is 17.2 Å². The summed E-state index contributed by atoms with van der Waals surface area (Å²) in [4.78, 5) is 17.0. The summed E-state index contributed by atoms with van der Waals surface area (Å²) in [5.41, 5.74) is 3.27. The van der Waals surface area contributed by atoms with Crippen LogP contribution in [0.2, 0.25) is 0 Å². The van der Waals surface area contributed by atoms with Crippen molar-refractivity contribution in [3.8, 4) is 11.3 Å². The number of nitrogens with zero attached hydrogens (tertiary/aromatic N) is 2. The number of sulfone groups is 1. The van der Waals surface area contributed by atoms with Gasteiger partial charge in [0.2, 0.25) is 0 Å². The molecule has 29 heavy (non-hydrogen) atoms. The summed E-state index contributed by atoms with van der Waals surface area (Å²) in [6.07, 6.45) is 4.67. The van der Waals surface area contributed by atoms with E-state index in [1.54, 1.807) is 36.5 Å². The molecule has 2 heterocycles. The Morgan fingerprint density at radius 1 is 1.03 bits per heavy atom. The minimum absolute atomic E-state index is 0.161. The fourth-order valence-electron chi connectivity index (χ4n) is 3.25. The second kappa shape index (κ2) is 7.18. The molecule has 0 atom stereocenters. The van der Waals surface area contributed by atoms with Gasteiger partial charge in [-0.1, -0.05) is 12.1 Å². The van der Waals surface area contributed by atoms with Gasteiger partial charge in [0.15, 0.2) is 9.84 Å². The van der Waals surface area contributed by atoms with Gasteiger partial charge < -0.3 is 9.88 Å². The molecule has 7 heteroatoms. The zero-order chi connectivity index (χ0) is 20.6. The average Bonchev–Trinajstić information content (AvgIpc) is 3.08. The van der Waals surface area contributed by atoms with Gasteiger partial charge in [-0.3, -0.25) is 9.78 Å². The Bertz CT molecular complexity index is 1320. The van der Waals surface area contributed by atoms with Gasteiger partial charge in [-0.25, -0.2) is 8.42 Å². The molecule has 1 N–H and O–H groups in total. The van der Waals surface area contributed by atoms with Crippen molar-refractivity contribution in [2.75, 3.05) is 11.6 Å². The highest BCUT2D eigenvalue weighted by molar-refractivity contribution is 7.90. The third-order valence-electron chi connectivity index (χ3n) is 4.73. The highest BCUT2D eigenvalue weighted by Crippen LogP contribution is 2.26. The Hall–Kier alpha value is -3.45. The number of amides is 1. The van der Waals surface area contributed by atoms with Crippen LogP contribution in [0.1, 0.15) is 10.4 Å². The lowest BCUT2D eigenvalue weighted by Crippen LogP contribution is -2.11. The molecule has 4 rings (SSSR count). The molecular weight excluding hydrogens is 386 g/mol. The van der Waals surface area contributed by atoms with E-state index in [1.807, 2.05) is 42.1 Å². The molecule has 0 bridgehead atoms. The highest BCUT2D eigenvalue weighted by atomic mass is 32.2. The van der Waals surface area contributed by atoms with Crippen LogP contribution < -0.4 is 5.32 Å². The van der Waals surface area contributed by atoms with Crippen molar-refractivity contribution in [3.63, 3.8) is 0 Å². The van der Waals surface area contributed by atoms with E-state index in [2.05, 4.69) is 10.3 Å². The maximum absolute atomic E-state index is 12.6. The minimum atomic E-state index is -3.41. The Morgan fingerprint density at radius 3 is 2.52 bits per heavy atom. The Morgan fingerprint density at radius 2 is 1.79 bits per heavy atom. The topological polar surface area (TPSA) is 81.1 Å². The van der Waals surface area contributed by atoms with Crippen molar-refractivity contribution in [2.45, 2.75) is 4.90 Å². The number of pyridine rings is 1. The summed E-state index contributed by atoms with van der Waals surface area (Å²) in [5.74, 6) is -0.240. The number of nitrogens with one attached hydrogen (secondary N) is 1. The van der Waals surface area contributed by atoms with Crippen molar-refractivity contribution < 1.29 is 13.2 Å². The molecule has 2 aromatic carbocycles. The SMILES string of the molecule is Cn1ccc2cc(NC(=O)c3ccc(-c4ncccc4S(C)(=O)=O)cc3)ccc21. The number of benzene rings is 2. The Balaban J connectivity index is 1.58. The molecule has 0 radical (unpaired) electrons. The smallest absolute Gasteiger partial charge is 0.255 e. The fourth-order valence-corrected chi connectivity index (χ4v) is 4.10. The zero-order valence-electron chi connectivity index (χ0n) is 16.0. The standard InChI is InChI=1S/C22H19N3O3S/c1-25-13-11-17-14-18(9-10-19(17)25)24-22(26)16-7-5-15(6-8-16)21-20(29(2,27)28)4-3-12-23-21/h3-14H,1-2H3,(H,24,26). The summed E-state index contributed by atoms with van der Waals surface area (Å²) >= 11 is 0. The number of anilines is 1. The van der Waals surface area contributed by atoms with E-state index in [9.17, 15) is 13.2 Å². The number of fused-ring (bicyclic) bond motifs is 1. The molecule has 6 nitrogen and oxygen atoms in total. The van der Waals surface area contributed by atoms with Crippen LogP contribution in [0, 0.1) is 0 Å². The maximum atomic E-state index is 12.6. The van der Waals surface area contributed by atoms with E-state index >= 15 is 0 Å². The van der Waals surface area contributed by atoms with Crippen molar-refractivity contribution >= 4 is 32.3 Å². The number of aromatic nitrogens is 2. The van der Waals surface area contributed by atoms with E-state index in [1.165, 1.54) is 6.07 Å². The zero-order valence-corrected chi connectivity index (χ0v) is 16.8. The Labute approximate surface area is 168 Å². The predicted molar refractivity (Wildman–Crippen MR) is 114 cm³/mol. The van der Waals surface area contributed by atoms with Crippen LogP contribution in [0.15, 0.2) is 78.0 Å². The lowest BCUT2D eigenvalue weighted by Gasteiger charge is -2.09. The van der Waals surface area contributed by atoms with Gasteiger partial charge in [-0.15, -0.1) is 0 Å².